The van der Waals surface area contributed by atoms with E-state index in [1.807, 2.05) is 27.8 Å². The van der Waals surface area contributed by atoms with Crippen LogP contribution in [-0.4, -0.2) is 41.0 Å². The third kappa shape index (κ3) is 3.76. The van der Waals surface area contributed by atoms with Crippen LogP contribution in [0.4, 0.5) is 0 Å². The van der Waals surface area contributed by atoms with Gasteiger partial charge in [0, 0.05) is 20.3 Å². The van der Waals surface area contributed by atoms with Gasteiger partial charge in [-0.3, -0.25) is 4.68 Å². The lowest BCUT2D eigenvalue weighted by atomic mass is 10.2. The Balaban J connectivity index is 2.85. The molecule has 0 saturated carbocycles. The molecule has 1 rings (SSSR count). The Hall–Kier alpha value is -0.980. The Morgan fingerprint density at radius 1 is 1.29 bits per heavy atom. The largest absolute Gasteiger partial charge is 0.351 e. The first-order valence-corrected chi connectivity index (χ1v) is 6.05. The van der Waals surface area contributed by atoms with Gasteiger partial charge in [0.2, 0.25) is 0 Å². The molecule has 0 saturated heterocycles. The zero-order chi connectivity index (χ0) is 12.7. The summed E-state index contributed by atoms with van der Waals surface area (Å²) in [5.41, 5.74) is 0.957. The van der Waals surface area contributed by atoms with Crippen LogP contribution in [0, 0.1) is 0 Å². The molecule has 0 radical (unpaired) electrons. The minimum atomic E-state index is -0.317. The number of hydrogen-bond acceptors (Lipinski definition) is 5. The van der Waals surface area contributed by atoms with E-state index in [2.05, 4.69) is 15.6 Å². The summed E-state index contributed by atoms with van der Waals surface area (Å²) in [6.07, 6.45) is 1.42. The topological polar surface area (TPSA) is 61.2 Å². The maximum atomic E-state index is 5.62. The fourth-order valence-electron chi connectivity index (χ4n) is 1.71. The maximum absolute atomic E-state index is 5.62. The van der Waals surface area contributed by atoms with Gasteiger partial charge in [-0.2, -0.15) is 0 Å². The molecule has 0 aromatic carbocycles. The number of hydrogen-bond donors (Lipinski definition) is 1. The standard InChI is InChI=1S/C11H22N4O2/c1-5-12-10(9-8-13-14-15(9)4)11(16-6-2)17-7-3/h8,10-12H,5-7H2,1-4H3. The molecule has 0 spiro atoms. The SMILES string of the molecule is CCNC(c1cnnn1C)C(OCC)OCC. The van der Waals surface area contributed by atoms with Crippen molar-refractivity contribution in [2.75, 3.05) is 19.8 Å². The molecule has 6 nitrogen and oxygen atoms in total. The van der Waals surface area contributed by atoms with Gasteiger partial charge in [-0.1, -0.05) is 12.1 Å². The molecular weight excluding hydrogens is 220 g/mol. The molecular formula is C11H22N4O2. The molecule has 0 fully saturated rings. The van der Waals surface area contributed by atoms with Crippen molar-refractivity contribution < 1.29 is 9.47 Å². The lowest BCUT2D eigenvalue weighted by molar-refractivity contribution is -0.156. The van der Waals surface area contributed by atoms with Gasteiger partial charge in [-0.25, -0.2) is 0 Å². The van der Waals surface area contributed by atoms with Gasteiger partial charge in [0.1, 0.15) is 6.04 Å². The van der Waals surface area contributed by atoms with E-state index < -0.39 is 0 Å². The van der Waals surface area contributed by atoms with Crippen LogP contribution >= 0.6 is 0 Å². The van der Waals surface area contributed by atoms with Gasteiger partial charge in [0.15, 0.2) is 6.29 Å². The molecule has 1 unspecified atom stereocenters. The van der Waals surface area contributed by atoms with Crippen molar-refractivity contribution in [1.29, 1.82) is 0 Å². The van der Waals surface area contributed by atoms with E-state index in [1.165, 1.54) is 0 Å². The highest BCUT2D eigenvalue weighted by molar-refractivity contribution is 5.03. The van der Waals surface area contributed by atoms with Crippen molar-refractivity contribution in [3.63, 3.8) is 0 Å². The van der Waals surface area contributed by atoms with Crippen molar-refractivity contribution >= 4 is 0 Å². The molecule has 17 heavy (non-hydrogen) atoms. The van der Waals surface area contributed by atoms with E-state index in [9.17, 15) is 0 Å². The van der Waals surface area contributed by atoms with Gasteiger partial charge >= 0.3 is 0 Å². The Morgan fingerprint density at radius 3 is 2.35 bits per heavy atom. The van der Waals surface area contributed by atoms with Gasteiger partial charge in [0.25, 0.3) is 0 Å². The molecule has 1 aromatic rings. The van der Waals surface area contributed by atoms with Crippen LogP contribution < -0.4 is 5.32 Å². The molecule has 1 aromatic heterocycles. The average molecular weight is 242 g/mol. The first-order chi connectivity index (χ1) is 8.24. The summed E-state index contributed by atoms with van der Waals surface area (Å²) in [5, 5.41) is 11.2. The van der Waals surface area contributed by atoms with E-state index in [4.69, 9.17) is 9.47 Å². The highest BCUT2D eigenvalue weighted by Crippen LogP contribution is 2.19. The Bertz CT molecular complexity index is 310. The van der Waals surface area contributed by atoms with Crippen LogP contribution in [0.15, 0.2) is 6.20 Å². The van der Waals surface area contributed by atoms with Crippen molar-refractivity contribution in [2.24, 2.45) is 7.05 Å². The highest BCUT2D eigenvalue weighted by Gasteiger charge is 2.26. The second-order valence-corrected chi connectivity index (χ2v) is 3.60. The van der Waals surface area contributed by atoms with Gasteiger partial charge < -0.3 is 14.8 Å². The molecule has 0 amide bonds. The minimum Gasteiger partial charge on any atom is -0.351 e. The summed E-state index contributed by atoms with van der Waals surface area (Å²) >= 11 is 0. The van der Waals surface area contributed by atoms with Crippen LogP contribution in [0.2, 0.25) is 0 Å². The van der Waals surface area contributed by atoms with Crippen LogP contribution in [-0.2, 0) is 16.5 Å². The molecule has 0 bridgehead atoms. The molecule has 0 aliphatic rings. The van der Waals surface area contributed by atoms with E-state index >= 15 is 0 Å². The highest BCUT2D eigenvalue weighted by atomic mass is 16.7. The predicted molar refractivity (Wildman–Crippen MR) is 64.5 cm³/mol. The Labute approximate surface area is 102 Å². The summed E-state index contributed by atoms with van der Waals surface area (Å²) in [7, 11) is 1.86. The molecule has 6 heteroatoms. The summed E-state index contributed by atoms with van der Waals surface area (Å²) in [5.74, 6) is 0. The third-order valence-electron chi connectivity index (χ3n) is 2.43. The molecule has 0 aliphatic carbocycles. The minimum absolute atomic E-state index is 0.0556. The average Bonchev–Trinajstić information content (AvgIpc) is 2.72. The van der Waals surface area contributed by atoms with Gasteiger partial charge in [-0.05, 0) is 20.4 Å². The van der Waals surface area contributed by atoms with Crippen LogP contribution in [0.5, 0.6) is 0 Å². The summed E-state index contributed by atoms with van der Waals surface area (Å²) < 4.78 is 13.0. The van der Waals surface area contributed by atoms with Crippen molar-refractivity contribution in [2.45, 2.75) is 33.1 Å². The van der Waals surface area contributed by atoms with Crippen LogP contribution in [0.3, 0.4) is 0 Å². The predicted octanol–water partition coefficient (Wildman–Crippen LogP) is 0.865. The van der Waals surface area contributed by atoms with Crippen LogP contribution in [0.1, 0.15) is 32.5 Å². The number of nitrogens with one attached hydrogen (secondary N) is 1. The smallest absolute Gasteiger partial charge is 0.178 e. The number of aryl methyl sites for hydroxylation is 1. The number of ether oxygens (including phenoxy) is 2. The summed E-state index contributed by atoms with van der Waals surface area (Å²) in [6.45, 7) is 8.00. The zero-order valence-electron chi connectivity index (χ0n) is 11.0. The first-order valence-electron chi connectivity index (χ1n) is 6.05. The molecule has 1 N–H and O–H groups in total. The number of likely N-dealkylation sites (N-methyl/N-ethyl adjacent to an activating group) is 1. The Morgan fingerprint density at radius 2 is 1.94 bits per heavy atom. The quantitative estimate of drug-likeness (QED) is 0.685. The zero-order valence-corrected chi connectivity index (χ0v) is 11.0. The van der Waals surface area contributed by atoms with E-state index in [0.29, 0.717) is 13.2 Å². The van der Waals surface area contributed by atoms with Crippen molar-refractivity contribution in [3.8, 4) is 0 Å². The lowest BCUT2D eigenvalue weighted by Crippen LogP contribution is -2.37. The third-order valence-corrected chi connectivity index (χ3v) is 2.43. The molecule has 0 aliphatic heterocycles. The Kier molecular flexibility index (Phi) is 6.10. The van der Waals surface area contributed by atoms with Crippen LogP contribution in [0.25, 0.3) is 0 Å². The van der Waals surface area contributed by atoms with E-state index in [1.54, 1.807) is 10.9 Å². The number of nitrogens with zero attached hydrogens (tertiary/aromatic N) is 3. The molecule has 1 atom stereocenters. The second kappa shape index (κ2) is 7.37. The van der Waals surface area contributed by atoms with Crippen molar-refractivity contribution in [1.82, 2.24) is 20.3 Å². The van der Waals surface area contributed by atoms with E-state index in [-0.39, 0.29) is 12.3 Å². The summed E-state index contributed by atoms with van der Waals surface area (Å²) in [6, 6.07) is -0.0556. The van der Waals surface area contributed by atoms with Crippen molar-refractivity contribution in [3.05, 3.63) is 11.9 Å². The molecule has 1 heterocycles. The van der Waals surface area contributed by atoms with Gasteiger partial charge in [0.05, 0.1) is 11.9 Å². The number of aromatic nitrogens is 3. The fourth-order valence-corrected chi connectivity index (χ4v) is 1.71. The number of rotatable bonds is 8. The molecule has 98 valence electrons. The first kappa shape index (κ1) is 14.1. The lowest BCUT2D eigenvalue weighted by Gasteiger charge is -2.26. The van der Waals surface area contributed by atoms with Gasteiger partial charge in [-0.15, -0.1) is 5.10 Å². The maximum Gasteiger partial charge on any atom is 0.178 e. The monoisotopic (exact) mass is 242 g/mol. The normalized spacial score (nSPS) is 13.2. The second-order valence-electron chi connectivity index (χ2n) is 3.60. The fraction of sp³-hybridized carbons (Fsp3) is 0.818. The summed E-state index contributed by atoms with van der Waals surface area (Å²) in [4.78, 5) is 0. The van der Waals surface area contributed by atoms with E-state index in [0.717, 1.165) is 12.2 Å².